The molecule has 0 unspecified atom stereocenters. The summed E-state index contributed by atoms with van der Waals surface area (Å²) in [5.41, 5.74) is 3.33. The molecule has 0 aliphatic rings. The van der Waals surface area contributed by atoms with Crippen LogP contribution < -0.4 is 0 Å². The largest absolute Gasteiger partial charge is 0.252 e. The van der Waals surface area contributed by atoms with Crippen molar-refractivity contribution < 1.29 is 0 Å². The second-order valence-electron chi connectivity index (χ2n) is 5.59. The lowest BCUT2D eigenvalue weighted by Crippen LogP contribution is -2.06. The number of hydrogen-bond donors (Lipinski definition) is 0. The molecule has 0 aliphatic heterocycles. The van der Waals surface area contributed by atoms with Gasteiger partial charge in [-0.15, -0.1) is 0 Å². The van der Waals surface area contributed by atoms with Gasteiger partial charge in [0.15, 0.2) is 0 Å². The number of halogens is 2. The average Bonchev–Trinajstić information content (AvgIpc) is 3.02. The molecule has 126 valence electrons. The van der Waals surface area contributed by atoms with E-state index in [2.05, 4.69) is 21.1 Å². The molecule has 0 radical (unpaired) electrons. The third-order valence-electron chi connectivity index (χ3n) is 3.76. The first-order chi connectivity index (χ1) is 12.0. The molecule has 3 rings (SSSR count). The number of aromatic nitrogens is 4. The topological polar surface area (TPSA) is 67.4 Å². The van der Waals surface area contributed by atoms with Gasteiger partial charge in [0.2, 0.25) is 0 Å². The second-order valence-corrected chi connectivity index (χ2v) is 6.44. The Kier molecular flexibility index (Phi) is 5.03. The van der Waals surface area contributed by atoms with E-state index in [9.17, 15) is 5.26 Å². The smallest absolute Gasteiger partial charge is 0.150 e. The van der Waals surface area contributed by atoms with Crippen LogP contribution in [0.1, 0.15) is 29.6 Å². The fourth-order valence-electron chi connectivity index (χ4n) is 2.61. The Morgan fingerprint density at radius 3 is 2.68 bits per heavy atom. The normalized spacial score (nSPS) is 10.7. The van der Waals surface area contributed by atoms with E-state index in [-0.39, 0.29) is 0 Å². The van der Waals surface area contributed by atoms with Gasteiger partial charge in [-0.05, 0) is 36.8 Å². The van der Waals surface area contributed by atoms with Crippen molar-refractivity contribution in [3.63, 3.8) is 0 Å². The van der Waals surface area contributed by atoms with Crippen molar-refractivity contribution >= 4 is 23.2 Å². The van der Waals surface area contributed by atoms with Crippen LogP contribution in [-0.2, 0) is 13.0 Å². The quantitative estimate of drug-likeness (QED) is 0.679. The molecule has 25 heavy (non-hydrogen) atoms. The molecule has 0 fully saturated rings. The Labute approximate surface area is 155 Å². The molecular weight excluding hydrogens is 357 g/mol. The summed E-state index contributed by atoms with van der Waals surface area (Å²) in [5, 5.41) is 15.1. The summed E-state index contributed by atoms with van der Waals surface area (Å²) in [4.78, 5) is 8.76. The van der Waals surface area contributed by atoms with Gasteiger partial charge in [0.1, 0.15) is 18.2 Å². The van der Waals surface area contributed by atoms with Crippen molar-refractivity contribution in [3.8, 4) is 17.3 Å². The SMILES string of the molecule is CCc1ncn(Cc2cc(C)nc(-c3ccc(Cl)cc3Cl)c2C#N)n1. The molecule has 5 nitrogen and oxygen atoms in total. The predicted molar refractivity (Wildman–Crippen MR) is 97.6 cm³/mol. The average molecular weight is 372 g/mol. The summed E-state index contributed by atoms with van der Waals surface area (Å²) in [5.74, 6) is 0.769. The number of pyridine rings is 1. The predicted octanol–water partition coefficient (Wildman–Crippen LogP) is 4.44. The first-order valence-corrected chi connectivity index (χ1v) is 8.51. The zero-order valence-electron chi connectivity index (χ0n) is 13.8. The molecular formula is C18H15Cl2N5. The lowest BCUT2D eigenvalue weighted by Gasteiger charge is -2.12. The lowest BCUT2D eigenvalue weighted by molar-refractivity contribution is 0.671. The van der Waals surface area contributed by atoms with Crippen LogP contribution in [0.5, 0.6) is 0 Å². The molecule has 2 aromatic heterocycles. The van der Waals surface area contributed by atoms with Gasteiger partial charge < -0.3 is 0 Å². The fourth-order valence-corrected chi connectivity index (χ4v) is 3.11. The van der Waals surface area contributed by atoms with Crippen molar-refractivity contribution in [2.45, 2.75) is 26.8 Å². The Balaban J connectivity index is 2.11. The van der Waals surface area contributed by atoms with E-state index in [4.69, 9.17) is 23.2 Å². The highest BCUT2D eigenvalue weighted by atomic mass is 35.5. The van der Waals surface area contributed by atoms with Crippen LogP contribution in [0.2, 0.25) is 10.0 Å². The van der Waals surface area contributed by atoms with Gasteiger partial charge in [0.05, 0.1) is 22.8 Å². The van der Waals surface area contributed by atoms with E-state index in [1.54, 1.807) is 29.2 Å². The van der Waals surface area contributed by atoms with Crippen molar-refractivity contribution in [1.29, 1.82) is 5.26 Å². The minimum absolute atomic E-state index is 0.442. The van der Waals surface area contributed by atoms with Crippen LogP contribution in [0, 0.1) is 18.3 Å². The third kappa shape index (κ3) is 3.65. The number of hydrogen-bond acceptors (Lipinski definition) is 4. The molecule has 0 aliphatic carbocycles. The molecule has 1 aromatic carbocycles. The van der Waals surface area contributed by atoms with E-state index < -0.39 is 0 Å². The summed E-state index contributed by atoms with van der Waals surface area (Å²) in [6.45, 7) is 4.33. The summed E-state index contributed by atoms with van der Waals surface area (Å²) >= 11 is 12.3. The Bertz CT molecular complexity index is 972. The van der Waals surface area contributed by atoms with Crippen LogP contribution >= 0.6 is 23.2 Å². The van der Waals surface area contributed by atoms with Gasteiger partial charge in [-0.25, -0.2) is 9.67 Å². The molecule has 7 heteroatoms. The van der Waals surface area contributed by atoms with Crippen molar-refractivity contribution in [2.75, 3.05) is 0 Å². The minimum Gasteiger partial charge on any atom is -0.252 e. The highest BCUT2D eigenvalue weighted by Gasteiger charge is 2.16. The number of nitrogens with zero attached hydrogens (tertiary/aromatic N) is 5. The van der Waals surface area contributed by atoms with E-state index in [0.717, 1.165) is 23.5 Å². The number of nitriles is 1. The summed E-state index contributed by atoms with van der Waals surface area (Å²) in [6, 6.07) is 9.31. The van der Waals surface area contributed by atoms with E-state index >= 15 is 0 Å². The van der Waals surface area contributed by atoms with Crippen LogP contribution in [0.4, 0.5) is 0 Å². The number of rotatable bonds is 4. The molecule has 0 N–H and O–H groups in total. The highest BCUT2D eigenvalue weighted by molar-refractivity contribution is 6.36. The lowest BCUT2D eigenvalue weighted by atomic mass is 10.0. The zero-order chi connectivity index (χ0) is 18.0. The van der Waals surface area contributed by atoms with Crippen molar-refractivity contribution in [1.82, 2.24) is 19.7 Å². The van der Waals surface area contributed by atoms with Gasteiger partial charge >= 0.3 is 0 Å². The summed E-state index contributed by atoms with van der Waals surface area (Å²) in [6.07, 6.45) is 2.43. The van der Waals surface area contributed by atoms with Crippen LogP contribution in [0.3, 0.4) is 0 Å². The molecule has 0 amide bonds. The number of aryl methyl sites for hydroxylation is 2. The van der Waals surface area contributed by atoms with Gasteiger partial charge in [-0.2, -0.15) is 10.4 Å². The maximum absolute atomic E-state index is 9.72. The molecule has 0 spiro atoms. The standard InChI is InChI=1S/C18H15Cl2N5/c1-3-17-22-10-25(24-17)9-12-6-11(2)23-18(15(12)8-21)14-5-4-13(19)7-16(14)20/h4-7,10H,3,9H2,1-2H3. The van der Waals surface area contributed by atoms with Gasteiger partial charge in [-0.3, -0.25) is 4.98 Å². The van der Waals surface area contributed by atoms with Crippen molar-refractivity contribution in [2.24, 2.45) is 0 Å². The van der Waals surface area contributed by atoms with E-state index in [1.807, 2.05) is 19.9 Å². The fraction of sp³-hybridized carbons (Fsp3) is 0.222. The van der Waals surface area contributed by atoms with Gasteiger partial charge in [-0.1, -0.05) is 30.1 Å². The zero-order valence-corrected chi connectivity index (χ0v) is 15.3. The molecule has 0 bridgehead atoms. The first-order valence-electron chi connectivity index (χ1n) is 7.76. The molecule has 3 aromatic rings. The maximum atomic E-state index is 9.72. The van der Waals surface area contributed by atoms with E-state index in [0.29, 0.717) is 33.4 Å². The van der Waals surface area contributed by atoms with Gasteiger partial charge in [0.25, 0.3) is 0 Å². The minimum atomic E-state index is 0.442. The Hall–Kier alpha value is -2.42. The van der Waals surface area contributed by atoms with Gasteiger partial charge in [0, 0.05) is 22.7 Å². The highest BCUT2D eigenvalue weighted by Crippen LogP contribution is 2.32. The first kappa shape index (κ1) is 17.4. The maximum Gasteiger partial charge on any atom is 0.150 e. The molecule has 2 heterocycles. The van der Waals surface area contributed by atoms with Crippen LogP contribution in [0.25, 0.3) is 11.3 Å². The monoisotopic (exact) mass is 371 g/mol. The summed E-state index contributed by atoms with van der Waals surface area (Å²) in [7, 11) is 0. The Morgan fingerprint density at radius 1 is 1.24 bits per heavy atom. The molecule has 0 atom stereocenters. The van der Waals surface area contributed by atoms with E-state index in [1.165, 1.54) is 0 Å². The summed E-state index contributed by atoms with van der Waals surface area (Å²) < 4.78 is 1.72. The Morgan fingerprint density at radius 2 is 2.04 bits per heavy atom. The third-order valence-corrected chi connectivity index (χ3v) is 4.31. The van der Waals surface area contributed by atoms with Crippen LogP contribution in [0.15, 0.2) is 30.6 Å². The number of benzene rings is 1. The molecule has 0 saturated heterocycles. The van der Waals surface area contributed by atoms with Crippen LogP contribution in [-0.4, -0.2) is 19.7 Å². The molecule has 0 saturated carbocycles. The van der Waals surface area contributed by atoms with Crippen molar-refractivity contribution in [3.05, 3.63) is 63.3 Å². The second kappa shape index (κ2) is 7.22.